The van der Waals surface area contributed by atoms with Gasteiger partial charge in [-0.05, 0) is 39.7 Å². The van der Waals surface area contributed by atoms with Gasteiger partial charge in [-0.1, -0.05) is 18.2 Å². The van der Waals surface area contributed by atoms with Gasteiger partial charge in [-0.15, -0.1) is 6.58 Å². The number of nitrogens with zero attached hydrogens (tertiary/aromatic N) is 2. The zero-order chi connectivity index (χ0) is 23.9. The van der Waals surface area contributed by atoms with Gasteiger partial charge in [0, 0.05) is 73.2 Å². The summed E-state index contributed by atoms with van der Waals surface area (Å²) in [6.45, 7) is 14.8. The van der Waals surface area contributed by atoms with E-state index in [9.17, 15) is 14.7 Å². The van der Waals surface area contributed by atoms with E-state index < -0.39 is 0 Å². The van der Waals surface area contributed by atoms with Gasteiger partial charge in [-0.2, -0.15) is 23.5 Å². The van der Waals surface area contributed by atoms with Gasteiger partial charge < -0.3 is 14.9 Å². The van der Waals surface area contributed by atoms with E-state index in [1.54, 1.807) is 23.5 Å². The summed E-state index contributed by atoms with van der Waals surface area (Å²) in [4.78, 5) is 28.0. The largest absolute Gasteiger partial charge is 0.507 e. The molecule has 7 heteroatoms. The van der Waals surface area contributed by atoms with Crippen molar-refractivity contribution in [1.29, 1.82) is 0 Å². The van der Waals surface area contributed by atoms with E-state index in [2.05, 4.69) is 6.58 Å². The molecule has 0 aliphatic rings. The molecular weight excluding hydrogens is 440 g/mol. The van der Waals surface area contributed by atoms with Crippen LogP contribution in [0.4, 0.5) is 0 Å². The maximum Gasteiger partial charge on any atom is 0.223 e. The highest BCUT2D eigenvalue weighted by Gasteiger charge is 2.13. The number of aromatic hydroxyl groups is 1. The van der Waals surface area contributed by atoms with Crippen molar-refractivity contribution in [3.05, 3.63) is 41.5 Å². The molecule has 1 aromatic carbocycles. The van der Waals surface area contributed by atoms with Crippen LogP contribution in [0.15, 0.2) is 24.8 Å². The van der Waals surface area contributed by atoms with Gasteiger partial charge in [-0.3, -0.25) is 9.59 Å². The molecule has 5 nitrogen and oxygen atoms in total. The fourth-order valence-electron chi connectivity index (χ4n) is 3.49. The van der Waals surface area contributed by atoms with Crippen LogP contribution in [0.25, 0.3) is 0 Å². The van der Waals surface area contributed by atoms with Crippen LogP contribution in [0.5, 0.6) is 5.75 Å². The fourth-order valence-corrected chi connectivity index (χ4v) is 5.30. The molecule has 32 heavy (non-hydrogen) atoms. The SMILES string of the molecule is C=CCc1cc(CSCCC(=O)N(CC)CC)c(O)c(CSCCC(=O)N(CC)CC)c1. The van der Waals surface area contributed by atoms with Crippen molar-refractivity contribution in [2.24, 2.45) is 0 Å². The highest BCUT2D eigenvalue weighted by molar-refractivity contribution is 7.98. The second-order valence-corrected chi connectivity index (χ2v) is 9.70. The van der Waals surface area contributed by atoms with Crippen molar-refractivity contribution < 1.29 is 14.7 Å². The first-order valence-electron chi connectivity index (χ1n) is 11.6. The summed E-state index contributed by atoms with van der Waals surface area (Å²) in [5.74, 6) is 3.51. The third-order valence-electron chi connectivity index (χ3n) is 5.38. The van der Waals surface area contributed by atoms with Gasteiger partial charge in [0.2, 0.25) is 11.8 Å². The Morgan fingerprint density at radius 1 is 0.875 bits per heavy atom. The Morgan fingerprint density at radius 3 is 1.62 bits per heavy atom. The van der Waals surface area contributed by atoms with Gasteiger partial charge in [0.15, 0.2) is 0 Å². The fraction of sp³-hybridized carbons (Fsp3) is 0.600. The molecule has 0 saturated heterocycles. The number of phenols is 1. The Bertz CT molecular complexity index is 679. The van der Waals surface area contributed by atoms with E-state index in [4.69, 9.17) is 0 Å². The molecule has 0 aliphatic carbocycles. The first-order valence-corrected chi connectivity index (χ1v) is 13.9. The number of phenolic OH excluding ortho intramolecular Hbond substituents is 1. The van der Waals surface area contributed by atoms with E-state index in [-0.39, 0.29) is 11.8 Å². The van der Waals surface area contributed by atoms with Gasteiger partial charge in [0.25, 0.3) is 0 Å². The first kappa shape index (κ1) is 28.4. The summed E-state index contributed by atoms with van der Waals surface area (Å²) in [6, 6.07) is 4.07. The van der Waals surface area contributed by atoms with Crippen LogP contribution >= 0.6 is 23.5 Å². The average Bonchev–Trinajstić information content (AvgIpc) is 2.78. The zero-order valence-electron chi connectivity index (χ0n) is 20.2. The van der Waals surface area contributed by atoms with Crippen LogP contribution in [0.3, 0.4) is 0 Å². The summed E-state index contributed by atoms with van der Waals surface area (Å²) >= 11 is 3.35. The van der Waals surface area contributed by atoms with Crippen LogP contribution in [0.2, 0.25) is 0 Å². The number of carbonyl (C=O) groups is 2. The predicted molar refractivity (Wildman–Crippen MR) is 139 cm³/mol. The van der Waals surface area contributed by atoms with Crippen molar-refractivity contribution >= 4 is 35.3 Å². The molecule has 0 spiro atoms. The summed E-state index contributed by atoms with van der Waals surface area (Å²) < 4.78 is 0. The highest BCUT2D eigenvalue weighted by Crippen LogP contribution is 2.31. The van der Waals surface area contributed by atoms with Gasteiger partial charge in [0.1, 0.15) is 5.75 Å². The van der Waals surface area contributed by atoms with E-state index in [1.165, 1.54) is 0 Å². The van der Waals surface area contributed by atoms with Crippen molar-refractivity contribution in [3.63, 3.8) is 0 Å². The molecule has 180 valence electrons. The lowest BCUT2D eigenvalue weighted by molar-refractivity contribution is -0.131. The van der Waals surface area contributed by atoms with Crippen LogP contribution in [0, 0.1) is 0 Å². The minimum Gasteiger partial charge on any atom is -0.507 e. The summed E-state index contributed by atoms with van der Waals surface area (Å²) in [5, 5.41) is 10.8. The highest BCUT2D eigenvalue weighted by atomic mass is 32.2. The predicted octanol–water partition coefficient (Wildman–Crippen LogP) is 5.10. The zero-order valence-corrected chi connectivity index (χ0v) is 21.8. The molecule has 0 aliphatic heterocycles. The average molecular weight is 481 g/mol. The van der Waals surface area contributed by atoms with Crippen molar-refractivity contribution in [1.82, 2.24) is 9.80 Å². The Balaban J connectivity index is 2.68. The molecule has 1 aromatic rings. The summed E-state index contributed by atoms with van der Waals surface area (Å²) in [5.41, 5.74) is 2.93. The maximum absolute atomic E-state index is 12.2. The molecule has 0 bridgehead atoms. The summed E-state index contributed by atoms with van der Waals surface area (Å²) in [7, 11) is 0. The minimum atomic E-state index is 0.184. The second-order valence-electron chi connectivity index (χ2n) is 7.49. The molecule has 0 fully saturated rings. The number of carbonyl (C=O) groups excluding carboxylic acids is 2. The number of thioether (sulfide) groups is 2. The third-order valence-corrected chi connectivity index (χ3v) is 7.39. The third kappa shape index (κ3) is 9.49. The molecule has 1 rings (SSSR count). The van der Waals surface area contributed by atoms with Crippen molar-refractivity contribution in [2.45, 2.75) is 58.5 Å². The smallest absolute Gasteiger partial charge is 0.223 e. The number of rotatable bonds is 16. The molecule has 0 heterocycles. The maximum atomic E-state index is 12.2. The molecule has 0 unspecified atom stereocenters. The van der Waals surface area contributed by atoms with Gasteiger partial charge >= 0.3 is 0 Å². The van der Waals surface area contributed by atoms with Crippen molar-refractivity contribution in [3.8, 4) is 5.75 Å². The number of allylic oxidation sites excluding steroid dienone is 1. The van der Waals surface area contributed by atoms with E-state index in [1.807, 2.05) is 55.7 Å². The quantitative estimate of drug-likeness (QED) is 0.263. The first-order chi connectivity index (χ1) is 15.4. The number of hydrogen-bond donors (Lipinski definition) is 1. The molecule has 2 amide bonds. The Hall–Kier alpha value is -1.60. The monoisotopic (exact) mass is 480 g/mol. The van der Waals surface area contributed by atoms with Crippen LogP contribution in [-0.2, 0) is 27.5 Å². The van der Waals surface area contributed by atoms with Gasteiger partial charge in [0.05, 0.1) is 0 Å². The van der Waals surface area contributed by atoms with Crippen molar-refractivity contribution in [2.75, 3.05) is 37.7 Å². The molecule has 0 saturated carbocycles. The summed E-state index contributed by atoms with van der Waals surface area (Å²) in [6.07, 6.45) is 3.65. The van der Waals surface area contributed by atoms with E-state index in [0.717, 1.165) is 60.8 Å². The number of hydrogen-bond acceptors (Lipinski definition) is 5. The number of benzene rings is 1. The second kappa shape index (κ2) is 16.1. The van der Waals surface area contributed by atoms with E-state index in [0.29, 0.717) is 30.1 Å². The van der Waals surface area contributed by atoms with Crippen LogP contribution in [-0.4, -0.2) is 64.4 Å². The normalized spacial score (nSPS) is 10.8. The van der Waals surface area contributed by atoms with Crippen LogP contribution < -0.4 is 0 Å². The van der Waals surface area contributed by atoms with Crippen LogP contribution in [0.1, 0.15) is 57.2 Å². The van der Waals surface area contributed by atoms with Gasteiger partial charge in [-0.25, -0.2) is 0 Å². The minimum absolute atomic E-state index is 0.184. The lowest BCUT2D eigenvalue weighted by atomic mass is 10.0. The molecule has 0 radical (unpaired) electrons. The number of amides is 2. The Morgan fingerprint density at radius 2 is 1.28 bits per heavy atom. The van der Waals surface area contributed by atoms with E-state index >= 15 is 0 Å². The Labute approximate surface area is 203 Å². The molecule has 1 N–H and O–H groups in total. The standard InChI is InChI=1S/C25H40N2O3S2/c1-6-11-20-16-21(18-31-14-12-23(28)26(7-2)8-3)25(30)22(17-20)19-32-15-13-24(29)27(9-4)10-5/h6,16-17,30H,1,7-15,18-19H2,2-5H3. The molecule has 0 aromatic heterocycles. The Kier molecular flexibility index (Phi) is 14.3. The topological polar surface area (TPSA) is 60.9 Å². The molecular formula is C25H40N2O3S2. The lowest BCUT2D eigenvalue weighted by Gasteiger charge is -2.18. The molecule has 0 atom stereocenters. The lowest BCUT2D eigenvalue weighted by Crippen LogP contribution is -2.30.